The van der Waals surface area contributed by atoms with Gasteiger partial charge in [-0.1, -0.05) is 30.3 Å². The van der Waals surface area contributed by atoms with Gasteiger partial charge >= 0.3 is 0 Å². The fraction of sp³-hybridized carbons (Fsp3) is 0.235. The van der Waals surface area contributed by atoms with Gasteiger partial charge < -0.3 is 10.2 Å². The first-order valence-corrected chi connectivity index (χ1v) is 8.49. The maximum atomic E-state index is 12.4. The highest BCUT2D eigenvalue weighted by atomic mass is 32.2. The van der Waals surface area contributed by atoms with E-state index in [0.29, 0.717) is 11.6 Å². The van der Waals surface area contributed by atoms with E-state index in [1.54, 1.807) is 17.3 Å². The van der Waals surface area contributed by atoms with Gasteiger partial charge in [-0.3, -0.25) is 14.6 Å². The molecule has 0 spiro atoms. The number of pyridine rings is 1. The van der Waals surface area contributed by atoms with Crippen molar-refractivity contribution in [1.29, 1.82) is 0 Å². The van der Waals surface area contributed by atoms with E-state index < -0.39 is 0 Å². The van der Waals surface area contributed by atoms with Crippen molar-refractivity contribution in [3.8, 4) is 0 Å². The zero-order valence-corrected chi connectivity index (χ0v) is 13.3. The second-order valence-corrected chi connectivity index (χ2v) is 6.22. The number of nitrogens with zero attached hydrogens (tertiary/aromatic N) is 2. The normalized spacial score (nSPS) is 15.5. The molecule has 1 saturated heterocycles. The molecule has 3 rings (SSSR count). The van der Waals surface area contributed by atoms with Crippen LogP contribution >= 0.6 is 11.8 Å². The molecule has 6 heteroatoms. The lowest BCUT2D eigenvalue weighted by Gasteiger charge is -2.21. The first kappa shape index (κ1) is 15.6. The number of carbonyl (C=O) groups is 2. The van der Waals surface area contributed by atoms with Crippen LogP contribution in [0.15, 0.2) is 54.9 Å². The minimum Gasteiger partial charge on any atom is -0.344 e. The van der Waals surface area contributed by atoms with Gasteiger partial charge in [-0.05, 0) is 23.3 Å². The summed E-state index contributed by atoms with van der Waals surface area (Å²) in [6.45, 7) is 0.0975. The third-order valence-corrected chi connectivity index (χ3v) is 4.58. The molecule has 5 nitrogen and oxygen atoms in total. The summed E-state index contributed by atoms with van der Waals surface area (Å²) in [5.41, 5.74) is 1.95. The minimum absolute atomic E-state index is 0.0188. The highest BCUT2D eigenvalue weighted by Crippen LogP contribution is 2.21. The Morgan fingerprint density at radius 1 is 1.17 bits per heavy atom. The number of nitrogens with one attached hydrogen (secondary N) is 1. The monoisotopic (exact) mass is 327 g/mol. The van der Waals surface area contributed by atoms with E-state index in [1.807, 2.05) is 42.5 Å². The Morgan fingerprint density at radius 3 is 2.52 bits per heavy atom. The van der Waals surface area contributed by atoms with Crippen molar-refractivity contribution in [2.45, 2.75) is 6.04 Å². The van der Waals surface area contributed by atoms with E-state index in [4.69, 9.17) is 0 Å². The topological polar surface area (TPSA) is 62.3 Å². The fourth-order valence-corrected chi connectivity index (χ4v) is 3.38. The molecular formula is C17H17N3O2S. The number of rotatable bonds is 5. The molecule has 1 atom stereocenters. The summed E-state index contributed by atoms with van der Waals surface area (Å²) in [5.74, 6) is 0.897. The van der Waals surface area contributed by atoms with Crippen LogP contribution < -0.4 is 5.32 Å². The van der Waals surface area contributed by atoms with Crippen molar-refractivity contribution in [2.75, 3.05) is 18.2 Å². The van der Waals surface area contributed by atoms with Crippen LogP contribution in [0.25, 0.3) is 0 Å². The molecule has 0 saturated carbocycles. The highest BCUT2D eigenvalue weighted by molar-refractivity contribution is 8.00. The van der Waals surface area contributed by atoms with Gasteiger partial charge in [-0.2, -0.15) is 0 Å². The molecule has 23 heavy (non-hydrogen) atoms. The summed E-state index contributed by atoms with van der Waals surface area (Å²) in [6.07, 6.45) is 3.41. The van der Waals surface area contributed by atoms with Gasteiger partial charge in [-0.25, -0.2) is 0 Å². The van der Waals surface area contributed by atoms with Gasteiger partial charge in [0, 0.05) is 12.4 Å². The van der Waals surface area contributed by atoms with Crippen LogP contribution in [0.2, 0.25) is 0 Å². The summed E-state index contributed by atoms with van der Waals surface area (Å²) < 4.78 is 0. The zero-order chi connectivity index (χ0) is 16.1. The molecule has 118 valence electrons. The van der Waals surface area contributed by atoms with E-state index in [-0.39, 0.29) is 24.4 Å². The van der Waals surface area contributed by atoms with Crippen LogP contribution in [-0.2, 0) is 9.59 Å². The van der Waals surface area contributed by atoms with Crippen molar-refractivity contribution in [3.05, 3.63) is 66.0 Å². The first-order valence-electron chi connectivity index (χ1n) is 7.34. The molecule has 0 bridgehead atoms. The number of benzene rings is 1. The van der Waals surface area contributed by atoms with Gasteiger partial charge in [0.2, 0.25) is 11.8 Å². The Balaban J connectivity index is 1.76. The maximum absolute atomic E-state index is 12.4. The van der Waals surface area contributed by atoms with Crippen LogP contribution in [0.5, 0.6) is 0 Å². The molecular weight excluding hydrogens is 310 g/mol. The number of thioether (sulfide) groups is 1. The molecule has 1 N–H and O–H groups in total. The second-order valence-electron chi connectivity index (χ2n) is 5.26. The average Bonchev–Trinajstić information content (AvgIpc) is 2.99. The number of hydrogen-bond acceptors (Lipinski definition) is 4. The first-order chi connectivity index (χ1) is 11.2. The SMILES string of the molecule is O=C(CN1CSCC1=O)NC(c1ccccc1)c1ccncc1. The third-order valence-electron chi connectivity index (χ3n) is 3.64. The Kier molecular flexibility index (Phi) is 4.92. The molecule has 1 fully saturated rings. The van der Waals surface area contributed by atoms with Gasteiger partial charge in [0.25, 0.3) is 0 Å². The largest absolute Gasteiger partial charge is 0.344 e. The molecule has 0 aliphatic carbocycles. The predicted molar refractivity (Wildman–Crippen MR) is 89.7 cm³/mol. The van der Waals surface area contributed by atoms with Crippen LogP contribution in [0.4, 0.5) is 0 Å². The van der Waals surface area contributed by atoms with Crippen LogP contribution in [0.3, 0.4) is 0 Å². The van der Waals surface area contributed by atoms with E-state index in [2.05, 4.69) is 10.3 Å². The van der Waals surface area contributed by atoms with Gasteiger partial charge in [0.15, 0.2) is 0 Å². The standard InChI is InChI=1S/C17H17N3O2S/c21-15(10-20-12-23-11-16(20)22)19-17(13-4-2-1-3-5-13)14-6-8-18-9-7-14/h1-9,17H,10-12H2,(H,19,21). The third kappa shape index (κ3) is 3.90. The van der Waals surface area contributed by atoms with Crippen LogP contribution in [-0.4, -0.2) is 39.9 Å². The minimum atomic E-state index is -0.253. The summed E-state index contributed by atoms with van der Waals surface area (Å²) in [4.78, 5) is 29.6. The summed E-state index contributed by atoms with van der Waals surface area (Å²) >= 11 is 1.53. The average molecular weight is 327 g/mol. The van der Waals surface area contributed by atoms with E-state index in [0.717, 1.165) is 11.1 Å². The quantitative estimate of drug-likeness (QED) is 0.910. The van der Waals surface area contributed by atoms with E-state index in [9.17, 15) is 9.59 Å². The van der Waals surface area contributed by atoms with Gasteiger partial charge in [0.05, 0.1) is 17.7 Å². The van der Waals surface area contributed by atoms with Crippen molar-refractivity contribution >= 4 is 23.6 Å². The zero-order valence-electron chi connectivity index (χ0n) is 12.5. The number of carbonyl (C=O) groups excluding carboxylic acids is 2. The molecule has 2 heterocycles. The number of amides is 2. The lowest BCUT2D eigenvalue weighted by molar-refractivity contribution is -0.132. The molecule has 2 amide bonds. The Morgan fingerprint density at radius 2 is 1.87 bits per heavy atom. The maximum Gasteiger partial charge on any atom is 0.240 e. The molecule has 1 unspecified atom stereocenters. The van der Waals surface area contributed by atoms with E-state index in [1.165, 1.54) is 11.8 Å². The fourth-order valence-electron chi connectivity index (χ4n) is 2.48. The lowest BCUT2D eigenvalue weighted by Crippen LogP contribution is -2.40. The molecule has 2 aromatic rings. The molecule has 1 aliphatic rings. The van der Waals surface area contributed by atoms with Crippen molar-refractivity contribution in [3.63, 3.8) is 0 Å². The molecule has 1 aromatic heterocycles. The second kappa shape index (κ2) is 7.28. The Bertz CT molecular complexity index is 639. The summed E-state index contributed by atoms with van der Waals surface area (Å²) in [5, 5.41) is 3.03. The van der Waals surface area contributed by atoms with Crippen molar-refractivity contribution < 1.29 is 9.59 Å². The molecule has 0 radical (unpaired) electrons. The number of aromatic nitrogens is 1. The molecule has 1 aromatic carbocycles. The summed E-state index contributed by atoms with van der Waals surface area (Å²) in [7, 11) is 0. The Hall–Kier alpha value is -2.34. The van der Waals surface area contributed by atoms with Crippen molar-refractivity contribution in [1.82, 2.24) is 15.2 Å². The summed E-state index contributed by atoms with van der Waals surface area (Å²) in [6, 6.07) is 13.3. The van der Waals surface area contributed by atoms with Crippen LogP contribution in [0.1, 0.15) is 17.2 Å². The van der Waals surface area contributed by atoms with E-state index >= 15 is 0 Å². The highest BCUT2D eigenvalue weighted by Gasteiger charge is 2.24. The van der Waals surface area contributed by atoms with Gasteiger partial charge in [0.1, 0.15) is 6.54 Å². The lowest BCUT2D eigenvalue weighted by atomic mass is 9.99. The smallest absolute Gasteiger partial charge is 0.240 e. The Labute approximate surface area is 139 Å². The number of hydrogen-bond donors (Lipinski definition) is 1. The van der Waals surface area contributed by atoms with Gasteiger partial charge in [-0.15, -0.1) is 11.8 Å². The van der Waals surface area contributed by atoms with Crippen molar-refractivity contribution in [2.24, 2.45) is 0 Å². The predicted octanol–water partition coefficient (Wildman–Crippen LogP) is 1.82. The molecule has 1 aliphatic heterocycles. The van der Waals surface area contributed by atoms with Crippen LogP contribution in [0, 0.1) is 0 Å².